The zero-order valence-corrected chi connectivity index (χ0v) is 7.81. The van der Waals surface area contributed by atoms with Crippen LogP contribution < -0.4 is 5.73 Å². The molecule has 0 spiro atoms. The molecule has 2 atom stereocenters. The Morgan fingerprint density at radius 3 is 3.17 bits per heavy atom. The van der Waals surface area contributed by atoms with Crippen molar-refractivity contribution in [3.05, 3.63) is 24.0 Å². The first-order valence-electron chi connectivity index (χ1n) is 4.38. The van der Waals surface area contributed by atoms with E-state index in [1.807, 2.05) is 24.0 Å². The van der Waals surface area contributed by atoms with E-state index >= 15 is 0 Å². The van der Waals surface area contributed by atoms with Crippen LogP contribution in [0.5, 0.6) is 0 Å². The van der Waals surface area contributed by atoms with Gasteiger partial charge >= 0.3 is 0 Å². The number of hydrogen-bond acceptors (Lipinski definition) is 2. The standard InChI is InChI=1S/C9H14N2S/c10-9(7-3-1-5-11-7)8-4-2-6-12-8/h1,3,5,8-9,11H,2,4,6,10H2. The maximum absolute atomic E-state index is 6.09. The number of aromatic nitrogens is 1. The second-order valence-corrected chi connectivity index (χ2v) is 4.55. The van der Waals surface area contributed by atoms with E-state index in [1.54, 1.807) is 0 Å². The van der Waals surface area contributed by atoms with Crippen molar-refractivity contribution in [3.63, 3.8) is 0 Å². The van der Waals surface area contributed by atoms with E-state index in [4.69, 9.17) is 5.73 Å². The van der Waals surface area contributed by atoms with Gasteiger partial charge in [0, 0.05) is 17.1 Å². The molecule has 0 aliphatic carbocycles. The second kappa shape index (κ2) is 3.54. The number of rotatable bonds is 2. The molecule has 66 valence electrons. The van der Waals surface area contributed by atoms with Gasteiger partial charge in [0.15, 0.2) is 0 Å². The Morgan fingerprint density at radius 2 is 2.58 bits per heavy atom. The topological polar surface area (TPSA) is 41.8 Å². The molecule has 2 nitrogen and oxygen atoms in total. The van der Waals surface area contributed by atoms with Gasteiger partial charge in [-0.05, 0) is 30.7 Å². The predicted octanol–water partition coefficient (Wildman–Crippen LogP) is 1.91. The molecule has 12 heavy (non-hydrogen) atoms. The molecule has 3 heteroatoms. The first-order valence-corrected chi connectivity index (χ1v) is 5.43. The highest BCUT2D eigenvalue weighted by molar-refractivity contribution is 8.00. The fourth-order valence-corrected chi connectivity index (χ4v) is 2.96. The highest BCUT2D eigenvalue weighted by Crippen LogP contribution is 2.33. The van der Waals surface area contributed by atoms with Crippen molar-refractivity contribution < 1.29 is 0 Å². The first kappa shape index (κ1) is 8.20. The zero-order valence-electron chi connectivity index (χ0n) is 6.99. The van der Waals surface area contributed by atoms with E-state index in [9.17, 15) is 0 Å². The Kier molecular flexibility index (Phi) is 2.42. The maximum Gasteiger partial charge on any atom is 0.0568 e. The van der Waals surface area contributed by atoms with Crippen molar-refractivity contribution in [1.29, 1.82) is 0 Å². The van der Waals surface area contributed by atoms with Crippen LogP contribution in [0.2, 0.25) is 0 Å². The van der Waals surface area contributed by atoms with Crippen LogP contribution in [0.25, 0.3) is 0 Å². The third-order valence-corrected chi connectivity index (χ3v) is 3.83. The summed E-state index contributed by atoms with van der Waals surface area (Å²) in [6.07, 6.45) is 4.53. The van der Waals surface area contributed by atoms with Crippen molar-refractivity contribution >= 4 is 11.8 Å². The second-order valence-electron chi connectivity index (χ2n) is 3.20. The summed E-state index contributed by atoms with van der Waals surface area (Å²) < 4.78 is 0. The van der Waals surface area contributed by atoms with E-state index in [1.165, 1.54) is 24.3 Å². The van der Waals surface area contributed by atoms with Crippen molar-refractivity contribution in [2.24, 2.45) is 5.73 Å². The van der Waals surface area contributed by atoms with Crippen LogP contribution >= 0.6 is 11.8 Å². The average Bonchev–Trinajstić information content (AvgIpc) is 2.77. The highest BCUT2D eigenvalue weighted by atomic mass is 32.2. The van der Waals surface area contributed by atoms with Crippen LogP contribution in [0.3, 0.4) is 0 Å². The van der Waals surface area contributed by atoms with Gasteiger partial charge in [0.25, 0.3) is 0 Å². The first-order chi connectivity index (χ1) is 5.88. The van der Waals surface area contributed by atoms with Crippen molar-refractivity contribution in [2.45, 2.75) is 24.1 Å². The predicted molar refractivity (Wildman–Crippen MR) is 53.2 cm³/mol. The summed E-state index contributed by atoms with van der Waals surface area (Å²) in [6, 6.07) is 4.28. The molecule has 2 heterocycles. The minimum absolute atomic E-state index is 0.201. The molecule has 0 aromatic carbocycles. The fraction of sp³-hybridized carbons (Fsp3) is 0.556. The normalized spacial score (nSPS) is 25.9. The quantitative estimate of drug-likeness (QED) is 0.733. The zero-order chi connectivity index (χ0) is 8.39. The molecule has 3 N–H and O–H groups in total. The largest absolute Gasteiger partial charge is 0.364 e. The van der Waals surface area contributed by atoms with Crippen LogP contribution in [-0.4, -0.2) is 16.0 Å². The smallest absolute Gasteiger partial charge is 0.0568 e. The lowest BCUT2D eigenvalue weighted by Gasteiger charge is -2.16. The molecule has 1 aliphatic rings. The van der Waals surface area contributed by atoms with E-state index in [2.05, 4.69) is 11.1 Å². The molecule has 1 aliphatic heterocycles. The van der Waals surface area contributed by atoms with Gasteiger partial charge in [-0.3, -0.25) is 0 Å². The van der Waals surface area contributed by atoms with Crippen molar-refractivity contribution in [3.8, 4) is 0 Å². The summed E-state index contributed by atoms with van der Waals surface area (Å²) in [5.74, 6) is 1.28. The minimum atomic E-state index is 0.201. The van der Waals surface area contributed by atoms with Gasteiger partial charge in [-0.15, -0.1) is 0 Å². The number of aromatic amines is 1. The number of nitrogens with two attached hydrogens (primary N) is 1. The van der Waals surface area contributed by atoms with Crippen molar-refractivity contribution in [1.82, 2.24) is 4.98 Å². The van der Waals surface area contributed by atoms with Crippen LogP contribution in [0.15, 0.2) is 18.3 Å². The van der Waals surface area contributed by atoms with Gasteiger partial charge in [-0.1, -0.05) is 0 Å². The van der Waals surface area contributed by atoms with Gasteiger partial charge in [-0.2, -0.15) is 11.8 Å². The Morgan fingerprint density at radius 1 is 1.67 bits per heavy atom. The summed E-state index contributed by atoms with van der Waals surface area (Å²) in [7, 11) is 0. The van der Waals surface area contributed by atoms with Gasteiger partial charge < -0.3 is 10.7 Å². The molecule has 1 fully saturated rings. The molecule has 1 aromatic rings. The van der Waals surface area contributed by atoms with E-state index < -0.39 is 0 Å². The molecular formula is C9H14N2S. The molecule has 0 saturated carbocycles. The van der Waals surface area contributed by atoms with Gasteiger partial charge in [-0.25, -0.2) is 0 Å². The molecule has 2 unspecified atom stereocenters. The third kappa shape index (κ3) is 1.52. The lowest BCUT2D eigenvalue weighted by molar-refractivity contribution is 0.633. The van der Waals surface area contributed by atoms with Crippen LogP contribution in [0.1, 0.15) is 24.6 Å². The Bertz CT molecular complexity index is 227. The molecule has 0 bridgehead atoms. The Labute approximate surface area is 76.9 Å². The molecule has 1 aromatic heterocycles. The summed E-state index contributed by atoms with van der Waals surface area (Å²) in [5.41, 5.74) is 7.27. The summed E-state index contributed by atoms with van der Waals surface area (Å²) in [5, 5.41) is 0.628. The SMILES string of the molecule is NC(c1ccc[nH]1)C1CCCS1. The Hall–Kier alpha value is -0.410. The number of thioether (sulfide) groups is 1. The van der Waals surface area contributed by atoms with E-state index in [0.29, 0.717) is 5.25 Å². The fourth-order valence-electron chi connectivity index (χ4n) is 1.64. The number of H-pyrrole nitrogens is 1. The molecule has 1 saturated heterocycles. The number of nitrogens with one attached hydrogen (secondary N) is 1. The monoisotopic (exact) mass is 182 g/mol. The van der Waals surface area contributed by atoms with Gasteiger partial charge in [0.05, 0.1) is 6.04 Å². The van der Waals surface area contributed by atoms with E-state index in [0.717, 1.165) is 0 Å². The Balaban J connectivity index is 2.04. The molecule has 0 amide bonds. The van der Waals surface area contributed by atoms with Gasteiger partial charge in [0.1, 0.15) is 0 Å². The number of hydrogen-bond donors (Lipinski definition) is 2. The van der Waals surface area contributed by atoms with Gasteiger partial charge in [0.2, 0.25) is 0 Å². The molecular weight excluding hydrogens is 168 g/mol. The van der Waals surface area contributed by atoms with Crippen LogP contribution in [0, 0.1) is 0 Å². The summed E-state index contributed by atoms with van der Waals surface area (Å²) in [4.78, 5) is 3.18. The highest BCUT2D eigenvalue weighted by Gasteiger charge is 2.23. The summed E-state index contributed by atoms with van der Waals surface area (Å²) in [6.45, 7) is 0. The third-order valence-electron chi connectivity index (χ3n) is 2.35. The van der Waals surface area contributed by atoms with E-state index in [-0.39, 0.29) is 6.04 Å². The lowest BCUT2D eigenvalue weighted by atomic mass is 10.1. The maximum atomic E-state index is 6.09. The molecule has 2 rings (SSSR count). The van der Waals surface area contributed by atoms with Crippen LogP contribution in [0.4, 0.5) is 0 Å². The minimum Gasteiger partial charge on any atom is -0.364 e. The van der Waals surface area contributed by atoms with Crippen molar-refractivity contribution in [2.75, 3.05) is 5.75 Å². The lowest BCUT2D eigenvalue weighted by Crippen LogP contribution is -2.21. The summed E-state index contributed by atoms with van der Waals surface area (Å²) >= 11 is 2.00. The molecule has 0 radical (unpaired) electrons. The average molecular weight is 182 g/mol. The van der Waals surface area contributed by atoms with Crippen LogP contribution in [-0.2, 0) is 0 Å².